The van der Waals surface area contributed by atoms with Gasteiger partial charge in [0.05, 0.1) is 11.9 Å². The molecule has 0 saturated carbocycles. The lowest BCUT2D eigenvalue weighted by Gasteiger charge is -2.40. The van der Waals surface area contributed by atoms with Crippen molar-refractivity contribution in [2.75, 3.05) is 11.9 Å². The van der Waals surface area contributed by atoms with Crippen molar-refractivity contribution in [1.82, 2.24) is 5.32 Å². The summed E-state index contributed by atoms with van der Waals surface area (Å²) in [6, 6.07) is 6.46. The van der Waals surface area contributed by atoms with Crippen LogP contribution in [0.15, 0.2) is 36.7 Å². The summed E-state index contributed by atoms with van der Waals surface area (Å²) in [7, 11) is 0. The first kappa shape index (κ1) is 26.9. The Hall–Kier alpha value is -3.30. The molecule has 7 N–H and O–H groups in total. The van der Waals surface area contributed by atoms with Crippen LogP contribution in [0, 0.1) is 18.3 Å². The highest BCUT2D eigenvalue weighted by molar-refractivity contribution is 5.92. The standard InChI is InChI=1S/C23H30N2O9/c1-3-4-5-6-11-24-13(2)25-14-7-9-15(10-8-14)33-23-20(28)19(27)18(26)17(34-23)12-16(21(29)30)22(31)32/h1,7-10,16-20,23-28H,2,4-6,11-12H2,(H,29,30)(H,31,32)/t17-,18-,19+,20+,23+/m1/s1. The Morgan fingerprint density at radius 3 is 2.32 bits per heavy atom. The van der Waals surface area contributed by atoms with E-state index in [1.807, 2.05) is 0 Å². The Bertz CT molecular complexity index is 869. The highest BCUT2D eigenvalue weighted by atomic mass is 16.7. The number of aliphatic hydroxyl groups excluding tert-OH is 3. The number of rotatable bonds is 13. The topological polar surface area (TPSA) is 178 Å². The zero-order valence-electron chi connectivity index (χ0n) is 18.5. The number of terminal acetylenes is 1. The minimum absolute atomic E-state index is 0.248. The average molecular weight is 478 g/mol. The van der Waals surface area contributed by atoms with E-state index < -0.39 is 55.0 Å². The van der Waals surface area contributed by atoms with Gasteiger partial charge in [-0.2, -0.15) is 0 Å². The van der Waals surface area contributed by atoms with Crippen LogP contribution in [-0.4, -0.2) is 74.7 Å². The number of benzene rings is 1. The quantitative estimate of drug-likeness (QED) is 0.118. The molecular formula is C23H30N2O9. The normalized spacial score (nSPS) is 24.1. The number of carbonyl (C=O) groups is 2. The first-order valence-electron chi connectivity index (χ1n) is 10.7. The van der Waals surface area contributed by atoms with Crippen LogP contribution < -0.4 is 15.4 Å². The maximum absolute atomic E-state index is 11.2. The Labute approximate surface area is 197 Å². The Morgan fingerprint density at radius 1 is 1.09 bits per heavy atom. The fourth-order valence-electron chi connectivity index (χ4n) is 3.31. The van der Waals surface area contributed by atoms with E-state index in [1.165, 1.54) is 0 Å². The first-order chi connectivity index (χ1) is 16.1. The van der Waals surface area contributed by atoms with E-state index in [2.05, 4.69) is 23.1 Å². The summed E-state index contributed by atoms with van der Waals surface area (Å²) in [5.41, 5.74) is 0.692. The summed E-state index contributed by atoms with van der Waals surface area (Å²) in [5.74, 6) is -1.68. The number of ether oxygens (including phenoxy) is 2. The van der Waals surface area contributed by atoms with E-state index in [0.717, 1.165) is 19.3 Å². The molecule has 34 heavy (non-hydrogen) atoms. The molecule has 1 heterocycles. The molecule has 1 fully saturated rings. The van der Waals surface area contributed by atoms with Gasteiger partial charge in [-0.15, -0.1) is 12.3 Å². The molecule has 0 amide bonds. The second-order valence-corrected chi connectivity index (χ2v) is 7.81. The van der Waals surface area contributed by atoms with E-state index in [9.17, 15) is 24.9 Å². The van der Waals surface area contributed by atoms with Crippen LogP contribution in [0.4, 0.5) is 5.69 Å². The molecule has 0 bridgehead atoms. The highest BCUT2D eigenvalue weighted by Gasteiger charge is 2.47. The molecule has 0 radical (unpaired) electrons. The van der Waals surface area contributed by atoms with Gasteiger partial charge in [0.25, 0.3) is 0 Å². The van der Waals surface area contributed by atoms with Gasteiger partial charge in [0, 0.05) is 25.1 Å². The molecule has 11 nitrogen and oxygen atoms in total. The van der Waals surface area contributed by atoms with Crippen molar-refractivity contribution in [3.05, 3.63) is 36.7 Å². The van der Waals surface area contributed by atoms with E-state index in [0.29, 0.717) is 18.1 Å². The van der Waals surface area contributed by atoms with Crippen LogP contribution in [0.3, 0.4) is 0 Å². The van der Waals surface area contributed by atoms with Crippen molar-refractivity contribution < 1.29 is 44.6 Å². The Balaban J connectivity index is 1.95. The molecule has 11 heteroatoms. The van der Waals surface area contributed by atoms with Crippen molar-refractivity contribution in [3.63, 3.8) is 0 Å². The van der Waals surface area contributed by atoms with Gasteiger partial charge in [0.1, 0.15) is 24.1 Å². The number of hydrogen-bond acceptors (Lipinski definition) is 9. The van der Waals surface area contributed by atoms with Crippen molar-refractivity contribution >= 4 is 17.6 Å². The predicted octanol–water partition coefficient (Wildman–Crippen LogP) is 0.325. The third kappa shape index (κ3) is 7.64. The molecule has 186 valence electrons. The van der Waals surface area contributed by atoms with Crippen molar-refractivity contribution in [2.45, 2.75) is 56.4 Å². The molecule has 0 spiro atoms. The van der Waals surface area contributed by atoms with Crippen LogP contribution in [0.5, 0.6) is 5.75 Å². The SMILES string of the molecule is C#CCCCCNC(=C)Nc1ccc(O[C@H]2O[C@H](CC(C(=O)O)C(=O)O)[C@@H](O)[C@H](O)[C@@H]2O)cc1. The Morgan fingerprint density at radius 2 is 1.74 bits per heavy atom. The number of hydrogen-bond donors (Lipinski definition) is 7. The third-order valence-electron chi connectivity index (χ3n) is 5.22. The minimum atomic E-state index is -1.87. The summed E-state index contributed by atoms with van der Waals surface area (Å²) >= 11 is 0. The largest absolute Gasteiger partial charge is 0.481 e. The number of unbranched alkanes of at least 4 members (excludes halogenated alkanes) is 2. The molecule has 0 aromatic heterocycles. The molecule has 1 aliphatic heterocycles. The van der Waals surface area contributed by atoms with Crippen molar-refractivity contribution in [3.8, 4) is 18.1 Å². The highest BCUT2D eigenvalue weighted by Crippen LogP contribution is 2.28. The number of aliphatic carboxylic acids is 2. The number of aliphatic hydroxyl groups is 3. The third-order valence-corrected chi connectivity index (χ3v) is 5.22. The maximum Gasteiger partial charge on any atom is 0.317 e. The first-order valence-corrected chi connectivity index (χ1v) is 10.7. The monoisotopic (exact) mass is 478 g/mol. The summed E-state index contributed by atoms with van der Waals surface area (Å²) < 4.78 is 11.0. The van der Waals surface area contributed by atoms with Gasteiger partial charge >= 0.3 is 11.9 Å². The van der Waals surface area contributed by atoms with E-state index in [1.54, 1.807) is 24.3 Å². The molecule has 1 aliphatic rings. The molecule has 0 unspecified atom stereocenters. The molecule has 1 aromatic carbocycles. The van der Waals surface area contributed by atoms with Crippen molar-refractivity contribution in [2.24, 2.45) is 5.92 Å². The van der Waals surface area contributed by atoms with Gasteiger partial charge in [-0.05, 0) is 37.1 Å². The average Bonchev–Trinajstić information content (AvgIpc) is 2.79. The molecule has 1 aromatic rings. The lowest BCUT2D eigenvalue weighted by Crippen LogP contribution is -2.59. The molecule has 5 atom stereocenters. The number of carboxylic acids is 2. The predicted molar refractivity (Wildman–Crippen MR) is 121 cm³/mol. The second-order valence-electron chi connectivity index (χ2n) is 7.81. The molecule has 2 rings (SSSR count). The number of nitrogens with one attached hydrogen (secondary N) is 2. The van der Waals surface area contributed by atoms with E-state index in [-0.39, 0.29) is 5.75 Å². The maximum atomic E-state index is 11.2. The van der Waals surface area contributed by atoms with Crippen LogP contribution in [0.2, 0.25) is 0 Å². The van der Waals surface area contributed by atoms with E-state index in [4.69, 9.17) is 26.1 Å². The Kier molecular flexibility index (Phi) is 10.2. The van der Waals surface area contributed by atoms with E-state index >= 15 is 0 Å². The minimum Gasteiger partial charge on any atom is -0.481 e. The fraction of sp³-hybridized carbons (Fsp3) is 0.478. The summed E-state index contributed by atoms with van der Waals surface area (Å²) in [4.78, 5) is 22.3. The van der Waals surface area contributed by atoms with Gasteiger partial charge in [0.2, 0.25) is 6.29 Å². The fourth-order valence-corrected chi connectivity index (χ4v) is 3.31. The van der Waals surface area contributed by atoms with Gasteiger partial charge in [-0.1, -0.05) is 6.58 Å². The lowest BCUT2D eigenvalue weighted by atomic mass is 9.91. The number of carboxylic acid groups (broad SMARTS) is 2. The van der Waals surface area contributed by atoms with Crippen LogP contribution >= 0.6 is 0 Å². The lowest BCUT2D eigenvalue weighted by molar-refractivity contribution is -0.275. The van der Waals surface area contributed by atoms with Crippen LogP contribution in [0.1, 0.15) is 25.7 Å². The van der Waals surface area contributed by atoms with Crippen LogP contribution in [-0.2, 0) is 14.3 Å². The molecular weight excluding hydrogens is 448 g/mol. The van der Waals surface area contributed by atoms with Crippen LogP contribution in [0.25, 0.3) is 0 Å². The zero-order chi connectivity index (χ0) is 25.3. The van der Waals surface area contributed by atoms with Gasteiger partial charge in [-0.25, -0.2) is 0 Å². The number of anilines is 1. The summed E-state index contributed by atoms with van der Waals surface area (Å²) in [5, 5.41) is 54.8. The molecule has 0 aliphatic carbocycles. The summed E-state index contributed by atoms with van der Waals surface area (Å²) in [6.07, 6.45) is -0.826. The smallest absolute Gasteiger partial charge is 0.317 e. The van der Waals surface area contributed by atoms with Gasteiger partial charge < -0.3 is 45.6 Å². The molecule has 1 saturated heterocycles. The van der Waals surface area contributed by atoms with Gasteiger partial charge in [0.15, 0.2) is 5.92 Å². The zero-order valence-corrected chi connectivity index (χ0v) is 18.5. The second kappa shape index (κ2) is 12.8. The summed E-state index contributed by atoms with van der Waals surface area (Å²) in [6.45, 7) is 4.60. The van der Waals surface area contributed by atoms with Crippen molar-refractivity contribution in [1.29, 1.82) is 0 Å². The van der Waals surface area contributed by atoms with Gasteiger partial charge in [-0.3, -0.25) is 9.59 Å².